The Bertz CT molecular complexity index is 1110. The van der Waals surface area contributed by atoms with Gasteiger partial charge in [0.25, 0.3) is 11.8 Å². The van der Waals surface area contributed by atoms with Gasteiger partial charge in [0.1, 0.15) is 28.1 Å². The van der Waals surface area contributed by atoms with Gasteiger partial charge in [0.15, 0.2) is 6.61 Å². The molecule has 8 nitrogen and oxygen atoms in total. The summed E-state index contributed by atoms with van der Waals surface area (Å²) in [6, 6.07) is 12.3. The number of hydrogen-bond acceptors (Lipinski definition) is 7. The lowest BCUT2D eigenvalue weighted by molar-refractivity contribution is -0.125. The highest BCUT2D eigenvalue weighted by Gasteiger charge is 2.18. The summed E-state index contributed by atoms with van der Waals surface area (Å²) in [4.78, 5) is 40.6. The number of carbonyl (C=O) groups is 3. The second-order valence-corrected chi connectivity index (χ2v) is 7.79. The predicted molar refractivity (Wildman–Crippen MR) is 115 cm³/mol. The molecule has 3 aromatic rings. The Kier molecular flexibility index (Phi) is 7.50. The molecule has 2 aromatic carbocycles. The minimum absolute atomic E-state index is 0.0932. The lowest BCUT2D eigenvalue weighted by Gasteiger charge is -2.08. The fourth-order valence-corrected chi connectivity index (χ4v) is 3.39. The molecule has 1 aromatic heterocycles. The summed E-state index contributed by atoms with van der Waals surface area (Å²) < 4.78 is 23.5. The number of esters is 1. The SMILES string of the molecule is Cc1ccc(C(=O)NNC(=O)COC(=O)c2sc(COc3ccc(F)cc3)nc2C)cc1. The third-order valence-corrected chi connectivity index (χ3v) is 5.28. The summed E-state index contributed by atoms with van der Waals surface area (Å²) >= 11 is 1.07. The third-order valence-electron chi connectivity index (χ3n) is 4.17. The van der Waals surface area contributed by atoms with Crippen LogP contribution >= 0.6 is 11.3 Å². The smallest absolute Gasteiger partial charge is 0.350 e. The number of aromatic nitrogens is 1. The fraction of sp³-hybridized carbons (Fsp3) is 0.182. The van der Waals surface area contributed by atoms with Crippen LogP contribution in [0, 0.1) is 19.7 Å². The Hall–Kier alpha value is -3.79. The monoisotopic (exact) mass is 457 g/mol. The second-order valence-electron chi connectivity index (χ2n) is 6.71. The minimum atomic E-state index is -0.715. The summed E-state index contributed by atoms with van der Waals surface area (Å²) in [6.07, 6.45) is 0. The molecule has 0 fully saturated rings. The van der Waals surface area contributed by atoms with Gasteiger partial charge in [0.05, 0.1) is 5.69 Å². The van der Waals surface area contributed by atoms with Crippen LogP contribution < -0.4 is 15.6 Å². The molecule has 1 heterocycles. The number of amides is 2. The molecule has 0 atom stereocenters. The largest absolute Gasteiger partial charge is 0.486 e. The zero-order chi connectivity index (χ0) is 23.1. The molecule has 0 saturated heterocycles. The Morgan fingerprint density at radius 1 is 1.00 bits per heavy atom. The first kappa shape index (κ1) is 22.9. The van der Waals surface area contributed by atoms with Crippen molar-refractivity contribution < 1.29 is 28.2 Å². The van der Waals surface area contributed by atoms with Crippen molar-refractivity contribution in [2.45, 2.75) is 20.5 Å². The molecule has 0 spiro atoms. The zero-order valence-electron chi connectivity index (χ0n) is 17.3. The van der Waals surface area contributed by atoms with Gasteiger partial charge in [0.2, 0.25) is 0 Å². The average molecular weight is 457 g/mol. The number of hydrazine groups is 1. The number of ether oxygens (including phenoxy) is 2. The molecular weight excluding hydrogens is 437 g/mol. The van der Waals surface area contributed by atoms with Crippen LogP contribution in [0.1, 0.15) is 36.3 Å². The lowest BCUT2D eigenvalue weighted by atomic mass is 10.1. The van der Waals surface area contributed by atoms with E-state index >= 15 is 0 Å². The molecule has 0 radical (unpaired) electrons. The number of aryl methyl sites for hydroxylation is 2. The van der Waals surface area contributed by atoms with Crippen molar-refractivity contribution >= 4 is 29.1 Å². The standard InChI is InChI=1S/C22H20FN3O5S/c1-13-3-5-15(6-4-13)21(28)26-25-18(27)11-31-22(29)20-14(2)24-19(32-20)12-30-17-9-7-16(23)8-10-17/h3-10H,11-12H2,1-2H3,(H,25,27)(H,26,28). The van der Waals surface area contributed by atoms with E-state index < -0.39 is 24.4 Å². The molecule has 0 aliphatic heterocycles. The van der Waals surface area contributed by atoms with Gasteiger partial charge in [-0.1, -0.05) is 17.7 Å². The van der Waals surface area contributed by atoms with Crippen LogP contribution in [-0.2, 0) is 16.1 Å². The number of nitrogens with zero attached hydrogens (tertiary/aromatic N) is 1. The van der Waals surface area contributed by atoms with E-state index in [1.165, 1.54) is 24.3 Å². The number of benzene rings is 2. The lowest BCUT2D eigenvalue weighted by Crippen LogP contribution is -2.43. The zero-order valence-corrected chi connectivity index (χ0v) is 18.1. The first-order valence-electron chi connectivity index (χ1n) is 9.49. The van der Waals surface area contributed by atoms with Crippen molar-refractivity contribution in [2.24, 2.45) is 0 Å². The Morgan fingerprint density at radius 3 is 2.38 bits per heavy atom. The maximum absolute atomic E-state index is 12.9. The van der Waals surface area contributed by atoms with E-state index in [1.807, 2.05) is 6.92 Å². The maximum atomic E-state index is 12.9. The van der Waals surface area contributed by atoms with E-state index in [4.69, 9.17) is 9.47 Å². The van der Waals surface area contributed by atoms with Crippen LogP contribution in [0.2, 0.25) is 0 Å². The minimum Gasteiger partial charge on any atom is -0.486 e. The molecule has 10 heteroatoms. The number of carbonyl (C=O) groups excluding carboxylic acids is 3. The Morgan fingerprint density at radius 2 is 1.69 bits per heavy atom. The van der Waals surface area contributed by atoms with Crippen molar-refractivity contribution in [2.75, 3.05) is 6.61 Å². The molecule has 0 aliphatic rings. The van der Waals surface area contributed by atoms with Crippen molar-refractivity contribution in [3.05, 3.63) is 81.1 Å². The van der Waals surface area contributed by atoms with Gasteiger partial charge >= 0.3 is 5.97 Å². The molecule has 0 bridgehead atoms. The van der Waals surface area contributed by atoms with E-state index in [0.29, 0.717) is 22.0 Å². The number of thiazole rings is 1. The summed E-state index contributed by atoms with van der Waals surface area (Å²) in [7, 11) is 0. The number of hydrogen-bond donors (Lipinski definition) is 2. The number of halogens is 1. The van der Waals surface area contributed by atoms with E-state index in [2.05, 4.69) is 15.8 Å². The van der Waals surface area contributed by atoms with Crippen molar-refractivity contribution in [1.29, 1.82) is 0 Å². The van der Waals surface area contributed by atoms with Crippen LogP contribution in [0.25, 0.3) is 0 Å². The third kappa shape index (κ3) is 6.35. The fourth-order valence-electron chi connectivity index (χ4n) is 2.52. The van der Waals surface area contributed by atoms with Crippen LogP contribution in [-0.4, -0.2) is 29.4 Å². The molecule has 3 rings (SSSR count). The maximum Gasteiger partial charge on any atom is 0.350 e. The van der Waals surface area contributed by atoms with Crippen LogP contribution in [0.4, 0.5) is 4.39 Å². The Balaban J connectivity index is 1.45. The quantitative estimate of drug-likeness (QED) is 0.417. The molecule has 32 heavy (non-hydrogen) atoms. The molecule has 166 valence electrons. The summed E-state index contributed by atoms with van der Waals surface area (Å²) in [5.41, 5.74) is 6.26. The summed E-state index contributed by atoms with van der Waals surface area (Å²) in [5.74, 6) is -1.80. The number of nitrogens with one attached hydrogen (secondary N) is 2. The summed E-state index contributed by atoms with van der Waals surface area (Å²) in [5, 5.41) is 0.522. The first-order chi connectivity index (χ1) is 15.3. The van der Waals surface area contributed by atoms with Gasteiger partial charge in [-0.05, 0) is 50.2 Å². The molecule has 2 N–H and O–H groups in total. The highest BCUT2D eigenvalue weighted by molar-refractivity contribution is 7.13. The van der Waals surface area contributed by atoms with Gasteiger partial charge in [-0.3, -0.25) is 20.4 Å². The van der Waals surface area contributed by atoms with Crippen LogP contribution in [0.15, 0.2) is 48.5 Å². The highest BCUT2D eigenvalue weighted by atomic mass is 32.1. The highest BCUT2D eigenvalue weighted by Crippen LogP contribution is 2.21. The summed E-state index contributed by atoms with van der Waals surface area (Å²) in [6.45, 7) is 3.04. The van der Waals surface area contributed by atoms with Gasteiger partial charge < -0.3 is 9.47 Å². The van der Waals surface area contributed by atoms with Crippen molar-refractivity contribution in [3.8, 4) is 5.75 Å². The topological polar surface area (TPSA) is 107 Å². The first-order valence-corrected chi connectivity index (χ1v) is 10.3. The molecular formula is C22H20FN3O5S. The molecule has 0 saturated carbocycles. The van der Waals surface area contributed by atoms with Gasteiger partial charge in [0, 0.05) is 5.56 Å². The van der Waals surface area contributed by atoms with E-state index in [9.17, 15) is 18.8 Å². The van der Waals surface area contributed by atoms with Crippen molar-refractivity contribution in [3.63, 3.8) is 0 Å². The van der Waals surface area contributed by atoms with E-state index in [0.717, 1.165) is 16.9 Å². The molecule has 0 aliphatic carbocycles. The van der Waals surface area contributed by atoms with E-state index in [1.54, 1.807) is 31.2 Å². The molecule has 2 amide bonds. The van der Waals surface area contributed by atoms with Crippen LogP contribution in [0.5, 0.6) is 5.75 Å². The molecule has 0 unspecified atom stereocenters. The van der Waals surface area contributed by atoms with Gasteiger partial charge in [-0.15, -0.1) is 11.3 Å². The normalized spacial score (nSPS) is 10.3. The van der Waals surface area contributed by atoms with Gasteiger partial charge in [-0.2, -0.15) is 0 Å². The second kappa shape index (κ2) is 10.5. The number of rotatable bonds is 7. The van der Waals surface area contributed by atoms with Crippen molar-refractivity contribution in [1.82, 2.24) is 15.8 Å². The van der Waals surface area contributed by atoms with Gasteiger partial charge in [-0.25, -0.2) is 14.2 Å². The van der Waals surface area contributed by atoms with E-state index in [-0.39, 0.29) is 17.3 Å². The predicted octanol–water partition coefficient (Wildman–Crippen LogP) is 3.10. The van der Waals surface area contributed by atoms with Crippen LogP contribution in [0.3, 0.4) is 0 Å². The Labute approximate surface area is 187 Å². The average Bonchev–Trinajstić information content (AvgIpc) is 3.16.